The number of nitrogens with one attached hydrogen (secondary N) is 1. The molecule has 0 unspecified atom stereocenters. The average Bonchev–Trinajstić information content (AvgIpc) is 2.66. The van der Waals surface area contributed by atoms with Crippen molar-refractivity contribution in [1.82, 2.24) is 4.90 Å². The van der Waals surface area contributed by atoms with Crippen molar-refractivity contribution in [2.45, 2.75) is 26.1 Å². The summed E-state index contributed by atoms with van der Waals surface area (Å²) in [5, 5.41) is 11.5. The molecule has 2 aromatic rings. The van der Waals surface area contributed by atoms with Gasteiger partial charge >= 0.3 is 0 Å². The molecule has 1 N–H and O–H groups in total. The lowest BCUT2D eigenvalue weighted by atomic mass is 10.2. The van der Waals surface area contributed by atoms with Gasteiger partial charge in [-0.05, 0) is 48.5 Å². The van der Waals surface area contributed by atoms with Gasteiger partial charge < -0.3 is 5.32 Å². The lowest BCUT2D eigenvalue weighted by molar-refractivity contribution is -0.113. The molecule has 7 heteroatoms. The summed E-state index contributed by atoms with van der Waals surface area (Å²) in [5.41, 5.74) is 2.65. The van der Waals surface area contributed by atoms with Gasteiger partial charge in [-0.25, -0.2) is 8.42 Å². The average molecular weight is 400 g/mol. The summed E-state index contributed by atoms with van der Waals surface area (Å²) in [6, 6.07) is 15.7. The van der Waals surface area contributed by atoms with Gasteiger partial charge in [-0.2, -0.15) is 5.26 Å². The number of hydrogen-bond acceptors (Lipinski definition) is 5. The van der Waals surface area contributed by atoms with Crippen molar-refractivity contribution in [2.24, 2.45) is 0 Å². The zero-order valence-corrected chi connectivity index (χ0v) is 17.0. The van der Waals surface area contributed by atoms with Gasteiger partial charge in [0.15, 0.2) is 9.84 Å². The van der Waals surface area contributed by atoms with Crippen LogP contribution in [0.25, 0.3) is 0 Å². The number of hydrogen-bond donors (Lipinski definition) is 1. The molecule has 2 rings (SSSR count). The third-order valence-corrected chi connectivity index (χ3v) is 5.81. The van der Waals surface area contributed by atoms with E-state index < -0.39 is 21.5 Å². The van der Waals surface area contributed by atoms with Crippen LogP contribution in [-0.2, 0) is 26.9 Å². The third kappa shape index (κ3) is 6.80. The van der Waals surface area contributed by atoms with Crippen molar-refractivity contribution in [1.29, 1.82) is 5.26 Å². The van der Waals surface area contributed by atoms with Crippen molar-refractivity contribution < 1.29 is 13.2 Å². The maximum Gasteiger partial charge on any atom is 0.239 e. The topological polar surface area (TPSA) is 90.3 Å². The van der Waals surface area contributed by atoms with Crippen LogP contribution >= 0.6 is 0 Å². The molecule has 0 fully saturated rings. The first-order chi connectivity index (χ1) is 13.3. The van der Waals surface area contributed by atoms with Crippen LogP contribution in [0.5, 0.6) is 0 Å². The predicted molar refractivity (Wildman–Crippen MR) is 110 cm³/mol. The molecule has 0 bridgehead atoms. The zero-order chi connectivity index (χ0) is 20.6. The second kappa shape index (κ2) is 10.0. The molecule has 0 spiro atoms. The Morgan fingerprint density at radius 2 is 1.75 bits per heavy atom. The van der Waals surface area contributed by atoms with E-state index in [1.54, 1.807) is 30.3 Å². The number of carbonyl (C=O) groups excluding carboxylic acids is 1. The van der Waals surface area contributed by atoms with E-state index in [1.807, 2.05) is 24.3 Å². The van der Waals surface area contributed by atoms with E-state index in [1.165, 1.54) is 0 Å². The molecule has 0 aromatic heterocycles. The van der Waals surface area contributed by atoms with Crippen molar-refractivity contribution in [3.8, 4) is 6.07 Å². The fourth-order valence-electron chi connectivity index (χ4n) is 2.83. The molecule has 6 nitrogen and oxygen atoms in total. The first-order valence-corrected chi connectivity index (χ1v) is 11.0. The molecule has 0 aliphatic heterocycles. The second-order valence-electron chi connectivity index (χ2n) is 6.55. The highest BCUT2D eigenvalue weighted by Gasteiger charge is 2.18. The van der Waals surface area contributed by atoms with E-state index in [0.29, 0.717) is 16.8 Å². The summed E-state index contributed by atoms with van der Waals surface area (Å²) in [6.45, 7) is 6.82. The Bertz CT molecular complexity index is 944. The molecule has 0 aliphatic rings. The summed E-state index contributed by atoms with van der Waals surface area (Å²) in [7, 11) is -3.61. The van der Waals surface area contributed by atoms with Crippen molar-refractivity contribution >= 4 is 21.4 Å². The number of anilines is 1. The van der Waals surface area contributed by atoms with E-state index in [2.05, 4.69) is 24.1 Å². The second-order valence-corrected chi connectivity index (χ2v) is 8.62. The number of sulfone groups is 1. The van der Waals surface area contributed by atoms with E-state index >= 15 is 0 Å². The van der Waals surface area contributed by atoms with Gasteiger partial charge in [0.05, 0.1) is 17.4 Å². The maximum absolute atomic E-state index is 12.3. The van der Waals surface area contributed by atoms with E-state index in [-0.39, 0.29) is 5.75 Å². The standard InChI is InChI=1S/C21H25N3O3S/c1-3-24(4-2)14-19-6-5-7-20(12-19)23-21(25)16-28(26,27)15-18-10-8-17(13-22)9-11-18/h5-12H,3-4,14-16H2,1-2H3,(H,23,25). The summed E-state index contributed by atoms with van der Waals surface area (Å²) in [5.74, 6) is -1.39. The summed E-state index contributed by atoms with van der Waals surface area (Å²) < 4.78 is 24.6. The molecule has 2 aromatic carbocycles. The number of carbonyl (C=O) groups is 1. The lowest BCUT2D eigenvalue weighted by Gasteiger charge is -2.18. The van der Waals surface area contributed by atoms with E-state index in [0.717, 1.165) is 25.2 Å². The summed E-state index contributed by atoms with van der Waals surface area (Å²) in [4.78, 5) is 14.5. The van der Waals surface area contributed by atoms with Crippen LogP contribution in [0, 0.1) is 11.3 Å². The Morgan fingerprint density at radius 3 is 2.36 bits per heavy atom. The van der Waals surface area contributed by atoms with Crippen LogP contribution in [0.2, 0.25) is 0 Å². The largest absolute Gasteiger partial charge is 0.325 e. The van der Waals surface area contributed by atoms with E-state index in [9.17, 15) is 13.2 Å². The minimum atomic E-state index is -3.61. The highest BCUT2D eigenvalue weighted by molar-refractivity contribution is 7.91. The van der Waals surface area contributed by atoms with Gasteiger partial charge in [-0.15, -0.1) is 0 Å². The Kier molecular flexibility index (Phi) is 7.73. The fraction of sp³-hybridized carbons (Fsp3) is 0.333. The molecule has 0 heterocycles. The Morgan fingerprint density at radius 1 is 1.07 bits per heavy atom. The zero-order valence-electron chi connectivity index (χ0n) is 16.2. The van der Waals surface area contributed by atoms with Crippen molar-refractivity contribution in [2.75, 3.05) is 24.2 Å². The van der Waals surface area contributed by atoms with Gasteiger partial charge in [0.2, 0.25) is 5.91 Å². The Balaban J connectivity index is 1.97. The minimum absolute atomic E-state index is 0.242. The first kappa shape index (κ1) is 21.6. The van der Waals surface area contributed by atoms with Crippen molar-refractivity contribution in [3.63, 3.8) is 0 Å². The molecule has 1 amide bonds. The number of nitrogens with zero attached hydrogens (tertiary/aromatic N) is 2. The Hall–Kier alpha value is -2.69. The molecular formula is C21H25N3O3S. The minimum Gasteiger partial charge on any atom is -0.325 e. The smallest absolute Gasteiger partial charge is 0.239 e. The van der Waals surface area contributed by atoms with Gasteiger partial charge in [0.1, 0.15) is 5.75 Å². The normalized spacial score (nSPS) is 11.2. The van der Waals surface area contributed by atoms with Crippen LogP contribution in [0.4, 0.5) is 5.69 Å². The molecule has 148 valence electrons. The molecule has 0 radical (unpaired) electrons. The van der Waals surface area contributed by atoms with Gasteiger partial charge in [-0.3, -0.25) is 9.69 Å². The number of nitriles is 1. The quantitative estimate of drug-likeness (QED) is 0.700. The fourth-order valence-corrected chi connectivity index (χ4v) is 4.10. The lowest BCUT2D eigenvalue weighted by Crippen LogP contribution is -2.24. The number of rotatable bonds is 9. The molecule has 0 saturated heterocycles. The highest BCUT2D eigenvalue weighted by atomic mass is 32.2. The highest BCUT2D eigenvalue weighted by Crippen LogP contribution is 2.14. The molecule has 0 saturated carbocycles. The van der Waals surface area contributed by atoms with Gasteiger partial charge in [0.25, 0.3) is 0 Å². The monoisotopic (exact) mass is 399 g/mol. The molecule has 0 aliphatic carbocycles. The van der Waals surface area contributed by atoms with Crippen LogP contribution < -0.4 is 5.32 Å². The van der Waals surface area contributed by atoms with Crippen LogP contribution in [0.15, 0.2) is 48.5 Å². The van der Waals surface area contributed by atoms with Gasteiger partial charge in [0, 0.05) is 12.2 Å². The van der Waals surface area contributed by atoms with Gasteiger partial charge in [-0.1, -0.05) is 38.1 Å². The number of amides is 1. The van der Waals surface area contributed by atoms with Crippen molar-refractivity contribution in [3.05, 3.63) is 65.2 Å². The Labute approximate surface area is 166 Å². The molecular weight excluding hydrogens is 374 g/mol. The van der Waals surface area contributed by atoms with Crippen LogP contribution in [-0.4, -0.2) is 38.1 Å². The first-order valence-electron chi connectivity index (χ1n) is 9.15. The van der Waals surface area contributed by atoms with Crippen LogP contribution in [0.3, 0.4) is 0 Å². The summed E-state index contributed by atoms with van der Waals surface area (Å²) in [6.07, 6.45) is 0. The van der Waals surface area contributed by atoms with Crippen LogP contribution in [0.1, 0.15) is 30.5 Å². The summed E-state index contributed by atoms with van der Waals surface area (Å²) >= 11 is 0. The maximum atomic E-state index is 12.3. The SMILES string of the molecule is CCN(CC)Cc1cccc(NC(=O)CS(=O)(=O)Cc2ccc(C#N)cc2)c1. The number of benzene rings is 2. The van der Waals surface area contributed by atoms with E-state index in [4.69, 9.17) is 5.26 Å². The molecule has 28 heavy (non-hydrogen) atoms. The third-order valence-electron chi connectivity index (χ3n) is 4.33. The molecule has 0 atom stereocenters. The predicted octanol–water partition coefficient (Wildman–Crippen LogP) is 2.95.